The molecule has 0 saturated heterocycles. The first kappa shape index (κ1) is 6.43. The van der Waals surface area contributed by atoms with E-state index in [1.165, 1.54) is 0 Å². The topological polar surface area (TPSA) is 20.2 Å². The highest BCUT2D eigenvalue weighted by Crippen LogP contribution is 2.38. The quantitative estimate of drug-likeness (QED) is 0.624. The molecule has 0 atom stereocenters. The van der Waals surface area contributed by atoms with Crippen LogP contribution >= 0.6 is 11.8 Å². The number of hydrogen-bond acceptors (Lipinski definition) is 2. The highest BCUT2D eigenvalue weighted by Gasteiger charge is 2.39. The molecule has 0 heterocycles. The van der Waals surface area contributed by atoms with Crippen LogP contribution in [0.1, 0.15) is 19.3 Å². The van der Waals surface area contributed by atoms with Crippen LogP contribution < -0.4 is 0 Å². The standard InChI is InChI=1S/C6H12OS/c1-8-5-4-6(7)2-3-6/h7H,2-5H2,1H3. The van der Waals surface area contributed by atoms with Gasteiger partial charge in [0.2, 0.25) is 0 Å². The molecule has 1 nitrogen and oxygen atoms in total. The maximum absolute atomic E-state index is 9.25. The zero-order chi connectivity index (χ0) is 6.04. The van der Waals surface area contributed by atoms with Crippen LogP contribution in [-0.2, 0) is 0 Å². The zero-order valence-electron chi connectivity index (χ0n) is 5.18. The average molecular weight is 132 g/mol. The van der Waals surface area contributed by atoms with Crippen molar-refractivity contribution in [3.8, 4) is 0 Å². The second kappa shape index (κ2) is 2.28. The lowest BCUT2D eigenvalue weighted by Crippen LogP contribution is -2.06. The van der Waals surface area contributed by atoms with Crippen molar-refractivity contribution in [3.63, 3.8) is 0 Å². The van der Waals surface area contributed by atoms with Gasteiger partial charge in [0.1, 0.15) is 0 Å². The maximum atomic E-state index is 9.25. The SMILES string of the molecule is CSCCC1(O)CC1. The Kier molecular flexibility index (Phi) is 1.83. The molecule has 1 aliphatic rings. The van der Waals surface area contributed by atoms with E-state index >= 15 is 0 Å². The summed E-state index contributed by atoms with van der Waals surface area (Å²) in [4.78, 5) is 0. The fourth-order valence-electron chi connectivity index (χ4n) is 0.686. The summed E-state index contributed by atoms with van der Waals surface area (Å²) in [5, 5.41) is 9.25. The van der Waals surface area contributed by atoms with E-state index in [0.29, 0.717) is 0 Å². The molecule has 1 aliphatic carbocycles. The van der Waals surface area contributed by atoms with Crippen LogP contribution in [0.5, 0.6) is 0 Å². The molecule has 0 amide bonds. The molecule has 1 rings (SSSR count). The van der Waals surface area contributed by atoms with E-state index in [9.17, 15) is 5.11 Å². The molecule has 0 bridgehead atoms. The molecule has 1 fully saturated rings. The third-order valence-electron chi connectivity index (χ3n) is 1.60. The Morgan fingerprint density at radius 3 is 2.62 bits per heavy atom. The Labute approximate surface area is 54.5 Å². The molecule has 0 aromatic carbocycles. The molecule has 48 valence electrons. The Morgan fingerprint density at radius 2 is 2.25 bits per heavy atom. The van der Waals surface area contributed by atoms with E-state index < -0.39 is 0 Å². The van der Waals surface area contributed by atoms with Crippen molar-refractivity contribution >= 4 is 11.8 Å². The summed E-state index contributed by atoms with van der Waals surface area (Å²) < 4.78 is 0. The number of hydrogen-bond donors (Lipinski definition) is 1. The first-order valence-electron chi connectivity index (χ1n) is 2.98. The van der Waals surface area contributed by atoms with Crippen LogP contribution in [0.4, 0.5) is 0 Å². The third kappa shape index (κ3) is 1.67. The van der Waals surface area contributed by atoms with Crippen molar-refractivity contribution in [2.75, 3.05) is 12.0 Å². The summed E-state index contributed by atoms with van der Waals surface area (Å²) in [6.07, 6.45) is 5.14. The lowest BCUT2D eigenvalue weighted by molar-refractivity contribution is 0.147. The van der Waals surface area contributed by atoms with Gasteiger partial charge in [0.25, 0.3) is 0 Å². The van der Waals surface area contributed by atoms with Gasteiger partial charge in [-0.3, -0.25) is 0 Å². The highest BCUT2D eigenvalue weighted by molar-refractivity contribution is 7.98. The van der Waals surface area contributed by atoms with Gasteiger partial charge in [-0.1, -0.05) is 0 Å². The summed E-state index contributed by atoms with van der Waals surface area (Å²) >= 11 is 1.81. The van der Waals surface area contributed by atoms with Gasteiger partial charge in [-0.05, 0) is 31.3 Å². The van der Waals surface area contributed by atoms with Gasteiger partial charge in [0.15, 0.2) is 0 Å². The molecule has 0 aromatic heterocycles. The summed E-state index contributed by atoms with van der Waals surface area (Å²) in [6.45, 7) is 0. The minimum absolute atomic E-state index is 0.219. The molecule has 2 heteroatoms. The number of thioether (sulfide) groups is 1. The van der Waals surface area contributed by atoms with Crippen molar-refractivity contribution in [2.24, 2.45) is 0 Å². The molecule has 0 radical (unpaired) electrons. The van der Waals surface area contributed by atoms with E-state index in [-0.39, 0.29) is 5.60 Å². The lowest BCUT2D eigenvalue weighted by atomic mass is 10.3. The van der Waals surface area contributed by atoms with E-state index in [2.05, 4.69) is 6.26 Å². The molecular weight excluding hydrogens is 120 g/mol. The van der Waals surface area contributed by atoms with Crippen molar-refractivity contribution in [1.82, 2.24) is 0 Å². The van der Waals surface area contributed by atoms with Gasteiger partial charge in [-0.15, -0.1) is 0 Å². The molecule has 0 aromatic rings. The minimum Gasteiger partial charge on any atom is -0.390 e. The smallest absolute Gasteiger partial charge is 0.0657 e. The molecule has 0 spiro atoms. The second-order valence-electron chi connectivity index (χ2n) is 2.47. The van der Waals surface area contributed by atoms with Crippen LogP contribution in [0, 0.1) is 0 Å². The Balaban J connectivity index is 2.01. The summed E-state index contributed by atoms with van der Waals surface area (Å²) in [5.74, 6) is 1.11. The van der Waals surface area contributed by atoms with E-state index in [1.807, 2.05) is 11.8 Å². The second-order valence-corrected chi connectivity index (χ2v) is 3.45. The van der Waals surface area contributed by atoms with Crippen LogP contribution in [0.2, 0.25) is 0 Å². The zero-order valence-corrected chi connectivity index (χ0v) is 6.00. The summed E-state index contributed by atoms with van der Waals surface area (Å²) in [7, 11) is 0. The molecule has 1 saturated carbocycles. The van der Waals surface area contributed by atoms with Gasteiger partial charge in [-0.25, -0.2) is 0 Å². The number of aliphatic hydroxyl groups is 1. The van der Waals surface area contributed by atoms with Gasteiger partial charge < -0.3 is 5.11 Å². The maximum Gasteiger partial charge on any atom is 0.0657 e. The first-order chi connectivity index (χ1) is 3.77. The molecule has 8 heavy (non-hydrogen) atoms. The van der Waals surface area contributed by atoms with Crippen molar-refractivity contribution in [2.45, 2.75) is 24.9 Å². The van der Waals surface area contributed by atoms with E-state index in [0.717, 1.165) is 25.0 Å². The van der Waals surface area contributed by atoms with E-state index in [4.69, 9.17) is 0 Å². The van der Waals surface area contributed by atoms with Gasteiger partial charge in [-0.2, -0.15) is 11.8 Å². The van der Waals surface area contributed by atoms with Crippen molar-refractivity contribution < 1.29 is 5.11 Å². The molecular formula is C6H12OS. The van der Waals surface area contributed by atoms with Gasteiger partial charge >= 0.3 is 0 Å². The normalized spacial score (nSPS) is 23.2. The monoisotopic (exact) mass is 132 g/mol. The number of rotatable bonds is 3. The predicted octanol–water partition coefficient (Wildman–Crippen LogP) is 1.26. The first-order valence-corrected chi connectivity index (χ1v) is 4.38. The third-order valence-corrected chi connectivity index (χ3v) is 2.21. The van der Waals surface area contributed by atoms with Gasteiger partial charge in [0.05, 0.1) is 5.60 Å². The summed E-state index contributed by atoms with van der Waals surface area (Å²) in [5.41, 5.74) is -0.219. The van der Waals surface area contributed by atoms with Crippen LogP contribution in [0.3, 0.4) is 0 Å². The minimum atomic E-state index is -0.219. The molecule has 1 N–H and O–H groups in total. The summed E-state index contributed by atoms with van der Waals surface area (Å²) in [6, 6.07) is 0. The Morgan fingerprint density at radius 1 is 1.62 bits per heavy atom. The van der Waals surface area contributed by atoms with E-state index in [1.54, 1.807) is 0 Å². The van der Waals surface area contributed by atoms with Gasteiger partial charge in [0, 0.05) is 0 Å². The van der Waals surface area contributed by atoms with Crippen LogP contribution in [0.25, 0.3) is 0 Å². The molecule has 0 unspecified atom stereocenters. The Bertz CT molecular complexity index is 78.6. The fraction of sp³-hybridized carbons (Fsp3) is 1.00. The Hall–Kier alpha value is 0.310. The largest absolute Gasteiger partial charge is 0.390 e. The predicted molar refractivity (Wildman–Crippen MR) is 37.2 cm³/mol. The van der Waals surface area contributed by atoms with Crippen LogP contribution in [0.15, 0.2) is 0 Å². The van der Waals surface area contributed by atoms with Crippen molar-refractivity contribution in [1.29, 1.82) is 0 Å². The fourth-order valence-corrected chi connectivity index (χ4v) is 1.27. The average Bonchev–Trinajstić information content (AvgIpc) is 2.45. The lowest BCUT2D eigenvalue weighted by Gasteiger charge is -2.02. The van der Waals surface area contributed by atoms with Crippen molar-refractivity contribution in [3.05, 3.63) is 0 Å². The van der Waals surface area contributed by atoms with Crippen LogP contribution in [-0.4, -0.2) is 22.7 Å². The molecule has 0 aliphatic heterocycles. The highest BCUT2D eigenvalue weighted by atomic mass is 32.2.